The van der Waals surface area contributed by atoms with E-state index in [-0.39, 0.29) is 0 Å². The smallest absolute Gasteiger partial charge is 0.146 e. The molecule has 1 heteroatoms. The first kappa shape index (κ1) is 14.3. The number of allylic oxidation sites excluding steroid dienone is 1. The lowest BCUT2D eigenvalue weighted by molar-refractivity contribution is 0.606. The minimum atomic E-state index is -0.460. The van der Waals surface area contributed by atoms with Gasteiger partial charge in [0.05, 0.1) is 0 Å². The molecule has 0 bridgehead atoms. The highest BCUT2D eigenvalue weighted by Gasteiger charge is 1.97. The van der Waals surface area contributed by atoms with E-state index in [2.05, 4.69) is 30.4 Å². The third kappa shape index (κ3) is 10.4. The van der Waals surface area contributed by atoms with Crippen LogP contribution in [0, 0.1) is 0 Å². The summed E-state index contributed by atoms with van der Waals surface area (Å²) in [7, 11) is 0. The van der Waals surface area contributed by atoms with Crippen molar-refractivity contribution in [3.8, 4) is 0 Å². The fourth-order valence-electron chi connectivity index (χ4n) is 1.84. The molecule has 0 aromatic carbocycles. The van der Waals surface area contributed by atoms with Gasteiger partial charge in [-0.3, -0.25) is 0 Å². The van der Waals surface area contributed by atoms with Crippen molar-refractivity contribution in [2.24, 2.45) is 0 Å². The van der Waals surface area contributed by atoms with Crippen LogP contribution in [0.15, 0.2) is 10.5 Å². The van der Waals surface area contributed by atoms with Crippen molar-refractivity contribution in [1.29, 1.82) is 0 Å². The predicted octanol–water partition coefficient (Wildman–Crippen LogP) is 4.98. The summed E-state index contributed by atoms with van der Waals surface area (Å²) < 4.78 is 0. The molecule has 0 aliphatic heterocycles. The first-order valence-electron chi connectivity index (χ1n) is 6.34. The Morgan fingerprint density at radius 1 is 1.00 bits per heavy atom. The van der Waals surface area contributed by atoms with Crippen LogP contribution in [0.5, 0.6) is 0 Å². The molecule has 0 atom stereocenters. The fraction of sp³-hybridized carbons (Fsp3) is 0.846. The van der Waals surface area contributed by atoms with E-state index in [9.17, 15) is 0 Å². The molecule has 0 aromatic rings. The number of hydrogen-bond donors (Lipinski definition) is 0. The minimum absolute atomic E-state index is 0.460. The quantitative estimate of drug-likeness (QED) is 0.391. The number of unbranched alkanes of at least 4 members (excludes halogenated alkanes) is 5. The second-order valence-corrected chi connectivity index (χ2v) is 7.60. The Morgan fingerprint density at radius 2 is 1.57 bits per heavy atom. The van der Waals surface area contributed by atoms with Crippen molar-refractivity contribution in [3.05, 3.63) is 10.5 Å². The molecule has 82 valence electrons. The highest BCUT2D eigenvalue weighted by Crippen LogP contribution is 2.11. The van der Waals surface area contributed by atoms with Gasteiger partial charge >= 0.3 is 0 Å². The van der Waals surface area contributed by atoms with Gasteiger partial charge in [-0.15, -0.1) is 16.5 Å². The molecule has 0 spiro atoms. The Morgan fingerprint density at radius 3 is 2.14 bits per heavy atom. The van der Waals surface area contributed by atoms with Gasteiger partial charge in [-0.1, -0.05) is 44.6 Å². The lowest BCUT2D eigenvalue weighted by atomic mass is 10.1. The molecule has 0 saturated carbocycles. The third-order valence-electron chi connectivity index (χ3n) is 2.54. The first-order valence-corrected chi connectivity index (χ1v) is 9.31. The molecule has 0 aromatic heterocycles. The van der Waals surface area contributed by atoms with Crippen LogP contribution in [0.3, 0.4) is 0 Å². The van der Waals surface area contributed by atoms with Gasteiger partial charge in [0.25, 0.3) is 14.1 Å². The van der Waals surface area contributed by atoms with Crippen LogP contribution < -0.4 is 0 Å². The maximum Gasteiger partial charge on any atom is 0.288 e. The van der Waals surface area contributed by atoms with Crippen molar-refractivity contribution in [1.82, 2.24) is 0 Å². The van der Waals surface area contributed by atoms with Crippen LogP contribution in [0.2, 0.25) is 11.6 Å². The average molecular weight is 210 g/mol. The van der Waals surface area contributed by atoms with Crippen LogP contribution in [-0.2, 0) is 0 Å². The Bertz CT molecular complexity index is 147. The summed E-state index contributed by atoms with van der Waals surface area (Å²) in [5.41, 5.74) is 1.64. The van der Waals surface area contributed by atoms with E-state index in [1.165, 1.54) is 44.9 Å². The monoisotopic (exact) mass is 210 g/mol. The molecule has 0 radical (unpaired) electrons. The van der Waals surface area contributed by atoms with E-state index in [4.69, 9.17) is 0 Å². The van der Waals surface area contributed by atoms with Gasteiger partial charge in [0.2, 0.25) is 0 Å². The fourth-order valence-corrected chi connectivity index (χ4v) is 3.14. The minimum Gasteiger partial charge on any atom is -0.146 e. The maximum atomic E-state index is 2.53. The van der Waals surface area contributed by atoms with E-state index < -0.39 is 14.1 Å². The molecule has 0 heterocycles. The zero-order valence-corrected chi connectivity index (χ0v) is 11.8. The first-order chi connectivity index (χ1) is 6.66. The molecule has 0 aliphatic carbocycles. The summed E-state index contributed by atoms with van der Waals surface area (Å²) in [4.78, 5) is 2.53. The largest absolute Gasteiger partial charge is 0.288 e. The van der Waals surface area contributed by atoms with E-state index >= 15 is 0 Å². The Balaban J connectivity index is 3.27. The molecule has 0 fully saturated rings. The summed E-state index contributed by atoms with van der Waals surface area (Å²) in [6.45, 7) is 4.58. The van der Waals surface area contributed by atoms with Gasteiger partial charge in [0.1, 0.15) is 0 Å². The Hall–Kier alpha value is 0.272. The van der Waals surface area contributed by atoms with Crippen molar-refractivity contribution < 1.29 is 0 Å². The Labute approximate surface area is 95.2 Å². The van der Waals surface area contributed by atoms with Gasteiger partial charge in [-0.05, 0) is 19.8 Å². The highest BCUT2D eigenvalue weighted by atomic mass is 27.2. The van der Waals surface area contributed by atoms with Crippen LogP contribution >= 0.6 is 0 Å². The summed E-state index contributed by atoms with van der Waals surface area (Å²) >= 11 is -0.460. The van der Waals surface area contributed by atoms with Gasteiger partial charge in [0.15, 0.2) is 0 Å². The van der Waals surface area contributed by atoms with Crippen molar-refractivity contribution in [2.75, 3.05) is 0 Å². The van der Waals surface area contributed by atoms with Crippen molar-refractivity contribution in [3.63, 3.8) is 0 Å². The molecule has 0 amide bonds. The van der Waals surface area contributed by atoms with E-state index in [1.807, 2.05) is 0 Å². The molecule has 0 N–H and O–H groups in total. The lowest BCUT2D eigenvalue weighted by Crippen LogP contribution is -1.95. The second-order valence-electron chi connectivity index (χ2n) is 4.77. The molecule has 14 heavy (non-hydrogen) atoms. The van der Waals surface area contributed by atoms with Crippen LogP contribution in [-0.4, -0.2) is 14.1 Å². The summed E-state index contributed by atoms with van der Waals surface area (Å²) in [5, 5.41) is 0. The van der Waals surface area contributed by atoms with Crippen molar-refractivity contribution >= 4 is 14.1 Å². The molecule has 0 nitrogen and oxygen atoms in total. The molecule has 0 aliphatic rings. The van der Waals surface area contributed by atoms with Gasteiger partial charge in [0, 0.05) is 0 Å². The number of hydrogen-bond acceptors (Lipinski definition) is 0. The van der Waals surface area contributed by atoms with Crippen LogP contribution in [0.1, 0.15) is 58.8 Å². The Kier molecular flexibility index (Phi) is 10.0. The zero-order valence-electron chi connectivity index (χ0n) is 10.6. The molecular formula is C13H27Al. The molecule has 0 unspecified atom stereocenters. The van der Waals surface area contributed by atoms with E-state index in [1.54, 1.807) is 5.57 Å². The van der Waals surface area contributed by atoms with Gasteiger partial charge < -0.3 is 0 Å². The van der Waals surface area contributed by atoms with Crippen LogP contribution in [0.25, 0.3) is 0 Å². The highest BCUT2D eigenvalue weighted by molar-refractivity contribution is 6.61. The van der Waals surface area contributed by atoms with Gasteiger partial charge in [-0.2, -0.15) is 0 Å². The standard InChI is InChI=1S/C11H21.2CH3.Al/c1-4-5-6-7-8-9-10-11(2)3;;;/h2H,4-10H2,1,3H3;2*1H3;. The third-order valence-corrected chi connectivity index (χ3v) is 3.78. The van der Waals surface area contributed by atoms with E-state index in [0.717, 1.165) is 0 Å². The molecule has 0 saturated heterocycles. The van der Waals surface area contributed by atoms with Crippen LogP contribution in [0.4, 0.5) is 0 Å². The SMILES string of the molecule is CCCCCCCC/C(C)=[CH]/[Al]([CH3])[CH3]. The molecule has 0 rings (SSSR count). The zero-order chi connectivity index (χ0) is 10.8. The summed E-state index contributed by atoms with van der Waals surface area (Å²) in [6, 6.07) is 0. The summed E-state index contributed by atoms with van der Waals surface area (Å²) in [5.74, 6) is 4.79. The lowest BCUT2D eigenvalue weighted by Gasteiger charge is -2.02. The number of rotatable bonds is 8. The van der Waals surface area contributed by atoms with Gasteiger partial charge in [-0.25, -0.2) is 0 Å². The maximum absolute atomic E-state index is 2.53. The normalized spacial score (nSPS) is 11.9. The predicted molar refractivity (Wildman–Crippen MR) is 69.2 cm³/mol. The van der Waals surface area contributed by atoms with E-state index in [0.29, 0.717) is 0 Å². The molecular weight excluding hydrogens is 183 g/mol. The summed E-state index contributed by atoms with van der Waals surface area (Å²) in [6.07, 6.45) is 9.86. The second kappa shape index (κ2) is 9.81. The van der Waals surface area contributed by atoms with Crippen molar-refractivity contribution in [2.45, 2.75) is 70.4 Å². The average Bonchev–Trinajstić information content (AvgIpc) is 2.10. The topological polar surface area (TPSA) is 0 Å².